The minimum Gasteiger partial charge on any atom is -1.00 e. The van der Waals surface area contributed by atoms with E-state index in [9.17, 15) is 0 Å². The van der Waals surface area contributed by atoms with Gasteiger partial charge in [0.25, 0.3) is 0 Å². The summed E-state index contributed by atoms with van der Waals surface area (Å²) in [6.45, 7) is 0. The van der Waals surface area contributed by atoms with Crippen molar-refractivity contribution in [2.24, 2.45) is 0 Å². The minimum atomic E-state index is -3.13. The summed E-state index contributed by atoms with van der Waals surface area (Å²) in [4.78, 5) is 14.3. The minimum absolute atomic E-state index is 0. The van der Waals surface area contributed by atoms with Crippen LogP contribution in [0.5, 0.6) is 0 Å². The maximum Gasteiger partial charge on any atom is 2.00 e. The van der Waals surface area contributed by atoms with Crippen molar-refractivity contribution in [3.63, 3.8) is 0 Å². The molecular weight excluding hydrogens is 199 g/mol. The van der Waals surface area contributed by atoms with Gasteiger partial charge in [-0.25, -0.2) is 0 Å². The zero-order chi connectivity index (χ0) is 3.58. The molecule has 0 saturated heterocycles. The van der Waals surface area contributed by atoms with Crippen LogP contribution in [0.3, 0.4) is 0 Å². The van der Waals surface area contributed by atoms with Crippen LogP contribution in [0.25, 0.3) is 0 Å². The zero-order valence-corrected chi connectivity index (χ0v) is 6.88. The van der Waals surface area contributed by atoms with Crippen LogP contribution in [0.15, 0.2) is 0 Å². The quantitative estimate of drug-likeness (QED) is 0.400. The SMILES string of the molecule is O.O=[Si](O)O.[AlH3].[Fe].[H-].[H-].[Mg+2]. The van der Waals surface area contributed by atoms with E-state index < -0.39 is 9.17 Å². The van der Waals surface area contributed by atoms with Gasteiger partial charge >= 0.3 is 32.2 Å². The van der Waals surface area contributed by atoms with Crippen molar-refractivity contribution in [2.75, 3.05) is 0 Å². The van der Waals surface area contributed by atoms with Gasteiger partial charge in [-0.2, -0.15) is 0 Å². The number of hydrogen-bond donors (Lipinski definition) is 2. The molecule has 8 heavy (non-hydrogen) atoms. The smallest absolute Gasteiger partial charge is 1.00 e. The Morgan fingerprint density at radius 2 is 1.38 bits per heavy atom. The Balaban J connectivity index is -0.00000000300. The predicted molar refractivity (Wildman–Crippen MR) is 32.4 cm³/mol. The van der Waals surface area contributed by atoms with Crippen LogP contribution in [0.2, 0.25) is 0 Å². The predicted octanol–water partition coefficient (Wildman–Crippen LogP) is -3.78. The third-order valence-corrected chi connectivity index (χ3v) is 0. The first kappa shape index (κ1) is 34.3. The Kier molecular flexibility index (Phi) is 102. The molecule has 0 rings (SSSR count). The summed E-state index contributed by atoms with van der Waals surface area (Å²) in [6, 6.07) is 0. The standard InChI is InChI=1S/Al.Fe.Mg.H2O3Si.H2O.5H/c;;;1-4(2)3;;;;;;/h;;;1-2H;1H2;;;;;/q;;+2;;;;;;2*-1. The maximum atomic E-state index is 8.74. The van der Waals surface area contributed by atoms with Crippen molar-refractivity contribution in [3.05, 3.63) is 0 Å². The first-order valence-corrected chi connectivity index (χ1v) is 1.95. The van der Waals surface area contributed by atoms with Crippen LogP contribution < -0.4 is 0 Å². The van der Waals surface area contributed by atoms with Crippen molar-refractivity contribution < 1.29 is 39.5 Å². The molecule has 0 aromatic rings. The molecule has 0 radical (unpaired) electrons. The van der Waals surface area contributed by atoms with Crippen molar-refractivity contribution >= 4 is 49.6 Å². The fourth-order valence-corrected chi connectivity index (χ4v) is 0. The molecule has 50 valence electrons. The fourth-order valence-electron chi connectivity index (χ4n) is 0. The molecule has 0 aromatic carbocycles. The van der Waals surface area contributed by atoms with Crippen LogP contribution in [-0.4, -0.2) is 64.7 Å². The molecule has 8 heteroatoms. The molecule has 4 N–H and O–H groups in total. The van der Waals surface area contributed by atoms with Crippen LogP contribution in [-0.2, 0) is 21.5 Å². The first-order valence-electron chi connectivity index (χ1n) is 0.651. The molecule has 0 bridgehead atoms. The fraction of sp³-hybridized carbons (Fsp3) is 0. The second-order valence-electron chi connectivity index (χ2n) is 0.283. The molecule has 0 unspecified atom stereocenters. The van der Waals surface area contributed by atoms with Gasteiger partial charge in [0.2, 0.25) is 0 Å². The second kappa shape index (κ2) is 23.8. The maximum absolute atomic E-state index is 8.74. The Hall–Kier alpha value is 1.40. The second-order valence-corrected chi connectivity index (χ2v) is 0.848. The van der Waals surface area contributed by atoms with E-state index in [0.29, 0.717) is 0 Å². The summed E-state index contributed by atoms with van der Waals surface area (Å²) in [5.41, 5.74) is 0. The van der Waals surface area contributed by atoms with Gasteiger partial charge in [0.15, 0.2) is 17.4 Å². The van der Waals surface area contributed by atoms with Gasteiger partial charge in [0, 0.05) is 17.1 Å². The van der Waals surface area contributed by atoms with Crippen molar-refractivity contribution in [3.8, 4) is 0 Å². The van der Waals surface area contributed by atoms with Crippen LogP contribution >= 0.6 is 0 Å². The molecule has 4 nitrogen and oxygen atoms in total. The normalized spacial score (nSPS) is 3.00. The third-order valence-electron chi connectivity index (χ3n) is 0. The molecular formula is H9AlFeMgO4Si. The van der Waals surface area contributed by atoms with Crippen LogP contribution in [0.4, 0.5) is 0 Å². The Labute approximate surface area is 88.6 Å². The molecule has 0 fully saturated rings. The van der Waals surface area contributed by atoms with Crippen molar-refractivity contribution in [1.82, 2.24) is 0 Å². The van der Waals surface area contributed by atoms with Gasteiger partial charge in [0.1, 0.15) is 0 Å². The van der Waals surface area contributed by atoms with Gasteiger partial charge in [0.05, 0.1) is 0 Å². The molecule has 0 aliphatic heterocycles. The van der Waals surface area contributed by atoms with Crippen molar-refractivity contribution in [2.45, 2.75) is 0 Å². The van der Waals surface area contributed by atoms with E-state index in [1.165, 1.54) is 0 Å². The Bertz CT molecular complexity index is 46.2. The average Bonchev–Trinajstić information content (AvgIpc) is 0.811. The summed E-state index contributed by atoms with van der Waals surface area (Å²) >= 11 is 0. The summed E-state index contributed by atoms with van der Waals surface area (Å²) in [5, 5.41) is 0. The zero-order valence-electron chi connectivity index (χ0n) is 5.36. The number of rotatable bonds is 0. The van der Waals surface area contributed by atoms with E-state index in [2.05, 4.69) is 0 Å². The van der Waals surface area contributed by atoms with Crippen molar-refractivity contribution in [1.29, 1.82) is 0 Å². The topological polar surface area (TPSA) is 89.0 Å². The first-order chi connectivity index (χ1) is 1.73. The number of hydrogen-bond acceptors (Lipinski definition) is 1. The Morgan fingerprint density at radius 1 is 1.38 bits per heavy atom. The third kappa shape index (κ3) is 155. The van der Waals surface area contributed by atoms with Gasteiger partial charge in [-0.3, -0.25) is 4.46 Å². The van der Waals surface area contributed by atoms with Crippen LogP contribution in [0.1, 0.15) is 2.85 Å². The average molecular weight is 208 g/mol. The van der Waals surface area contributed by atoms with Gasteiger partial charge < -0.3 is 17.9 Å². The molecule has 0 aliphatic rings. The van der Waals surface area contributed by atoms with Gasteiger partial charge in [-0.15, -0.1) is 0 Å². The summed E-state index contributed by atoms with van der Waals surface area (Å²) in [6.07, 6.45) is 0. The van der Waals surface area contributed by atoms with Crippen LogP contribution in [0, 0.1) is 0 Å². The van der Waals surface area contributed by atoms with E-state index >= 15 is 0 Å². The summed E-state index contributed by atoms with van der Waals surface area (Å²) < 4.78 is 8.74. The molecule has 0 heterocycles. The largest absolute Gasteiger partial charge is 2.00 e. The van der Waals surface area contributed by atoms with E-state index in [-0.39, 0.29) is 65.8 Å². The van der Waals surface area contributed by atoms with E-state index in [0.717, 1.165) is 0 Å². The van der Waals surface area contributed by atoms with Gasteiger partial charge in [-0.1, -0.05) is 0 Å². The Morgan fingerprint density at radius 3 is 1.38 bits per heavy atom. The van der Waals surface area contributed by atoms with E-state index in [4.69, 9.17) is 14.1 Å². The molecule has 0 atom stereocenters. The summed E-state index contributed by atoms with van der Waals surface area (Å²) in [7, 11) is -3.13. The molecule has 0 spiro atoms. The molecule has 0 aromatic heterocycles. The van der Waals surface area contributed by atoms with Gasteiger partial charge in [-0.05, 0) is 0 Å². The molecule has 0 aliphatic carbocycles. The molecule has 0 amide bonds. The summed E-state index contributed by atoms with van der Waals surface area (Å²) in [5.74, 6) is 0. The van der Waals surface area contributed by atoms with E-state index in [1.54, 1.807) is 0 Å². The molecule has 0 saturated carbocycles. The van der Waals surface area contributed by atoms with E-state index in [1.807, 2.05) is 0 Å². The monoisotopic (exact) mass is 208 g/mol.